The Balaban J connectivity index is 2.94. The van der Waals surface area contributed by atoms with E-state index >= 15 is 0 Å². The predicted octanol–water partition coefficient (Wildman–Crippen LogP) is 3.11. The summed E-state index contributed by atoms with van der Waals surface area (Å²) in [7, 11) is 0. The molecule has 1 aromatic carbocycles. The maximum atomic E-state index is 8.54. The van der Waals surface area contributed by atoms with Gasteiger partial charge in [0, 0.05) is 9.50 Å². The molecule has 0 bridgehead atoms. The third-order valence-electron chi connectivity index (χ3n) is 1.37. The second-order valence-corrected chi connectivity index (χ2v) is 3.54. The largest absolute Gasteiger partial charge is 0.392 e. The number of rotatable bonds is 2. The number of halogens is 2. The first kappa shape index (κ1) is 9.78. The second kappa shape index (κ2) is 4.65. The molecule has 1 N–H and O–H groups in total. The third kappa shape index (κ3) is 2.63. The molecule has 0 heterocycles. The van der Waals surface area contributed by atoms with Crippen LogP contribution >= 0.6 is 27.5 Å². The highest BCUT2D eigenvalue weighted by Crippen LogP contribution is 2.22. The van der Waals surface area contributed by atoms with Crippen LogP contribution in [0.5, 0.6) is 0 Å². The van der Waals surface area contributed by atoms with Crippen LogP contribution < -0.4 is 0 Å². The molecule has 0 fully saturated rings. The first-order valence-corrected chi connectivity index (χ1v) is 4.63. The second-order valence-electron chi connectivity index (χ2n) is 2.25. The van der Waals surface area contributed by atoms with Gasteiger partial charge in [0.15, 0.2) is 0 Å². The van der Waals surface area contributed by atoms with Crippen molar-refractivity contribution in [3.05, 3.63) is 39.3 Å². The van der Waals surface area contributed by atoms with E-state index in [2.05, 4.69) is 15.9 Å². The molecule has 3 heteroatoms. The number of benzene rings is 1. The third-order valence-corrected chi connectivity index (χ3v) is 2.29. The van der Waals surface area contributed by atoms with Crippen LogP contribution in [0.4, 0.5) is 0 Å². The molecule has 0 aliphatic rings. The van der Waals surface area contributed by atoms with Gasteiger partial charge >= 0.3 is 0 Å². The summed E-state index contributed by atoms with van der Waals surface area (Å²) in [6.07, 6.45) is 3.51. The molecule has 0 aliphatic carbocycles. The summed E-state index contributed by atoms with van der Waals surface area (Å²) < 4.78 is 0.930. The van der Waals surface area contributed by atoms with E-state index in [0.717, 1.165) is 10.0 Å². The van der Waals surface area contributed by atoms with Crippen molar-refractivity contribution in [1.82, 2.24) is 0 Å². The lowest BCUT2D eigenvalue weighted by atomic mass is 10.2. The Bertz CT molecular complexity index is 297. The predicted molar refractivity (Wildman–Crippen MR) is 55.3 cm³/mol. The smallest absolute Gasteiger partial charge is 0.0615 e. The first-order valence-electron chi connectivity index (χ1n) is 3.46. The number of hydrogen-bond acceptors (Lipinski definition) is 1. The van der Waals surface area contributed by atoms with Crippen molar-refractivity contribution in [2.24, 2.45) is 0 Å². The lowest BCUT2D eigenvalue weighted by Gasteiger charge is -1.97. The van der Waals surface area contributed by atoms with Crippen molar-refractivity contribution in [3.63, 3.8) is 0 Å². The minimum Gasteiger partial charge on any atom is -0.392 e. The van der Waals surface area contributed by atoms with Gasteiger partial charge in [0.2, 0.25) is 0 Å². The van der Waals surface area contributed by atoms with Crippen LogP contribution in [0.15, 0.2) is 28.7 Å². The molecule has 1 aromatic rings. The van der Waals surface area contributed by atoms with E-state index in [1.165, 1.54) is 0 Å². The normalized spacial score (nSPS) is 10.9. The zero-order chi connectivity index (χ0) is 8.97. The van der Waals surface area contributed by atoms with E-state index in [1.54, 1.807) is 6.08 Å². The molecule has 0 amide bonds. The van der Waals surface area contributed by atoms with Crippen LogP contribution in [0, 0.1) is 0 Å². The van der Waals surface area contributed by atoms with Crippen molar-refractivity contribution < 1.29 is 5.11 Å². The van der Waals surface area contributed by atoms with Gasteiger partial charge in [-0.05, 0) is 17.7 Å². The van der Waals surface area contributed by atoms with Crippen molar-refractivity contribution in [2.45, 2.75) is 0 Å². The summed E-state index contributed by atoms with van der Waals surface area (Å²) in [6.45, 7) is 0.0507. The van der Waals surface area contributed by atoms with E-state index in [-0.39, 0.29) is 6.61 Å². The van der Waals surface area contributed by atoms with E-state index in [0.29, 0.717) is 5.02 Å². The molecule has 1 rings (SSSR count). The van der Waals surface area contributed by atoms with Gasteiger partial charge in [-0.1, -0.05) is 45.7 Å². The maximum absolute atomic E-state index is 8.54. The molecule has 12 heavy (non-hydrogen) atoms. The van der Waals surface area contributed by atoms with Crippen LogP contribution in [0.25, 0.3) is 6.08 Å². The van der Waals surface area contributed by atoms with E-state index < -0.39 is 0 Å². The molecule has 0 unspecified atom stereocenters. The van der Waals surface area contributed by atoms with Crippen LogP contribution in [0.3, 0.4) is 0 Å². The summed E-state index contributed by atoms with van der Waals surface area (Å²) in [6, 6.07) is 5.51. The summed E-state index contributed by atoms with van der Waals surface area (Å²) in [5.74, 6) is 0. The van der Waals surface area contributed by atoms with Crippen LogP contribution in [0.1, 0.15) is 5.56 Å². The van der Waals surface area contributed by atoms with Gasteiger partial charge in [0.05, 0.1) is 6.61 Å². The molecule has 0 saturated carbocycles. The Labute approximate surface area is 84.8 Å². The van der Waals surface area contributed by atoms with Gasteiger partial charge < -0.3 is 5.11 Å². The Kier molecular flexibility index (Phi) is 3.79. The summed E-state index contributed by atoms with van der Waals surface area (Å²) in [5.41, 5.74) is 1.01. The highest BCUT2D eigenvalue weighted by molar-refractivity contribution is 9.10. The highest BCUT2D eigenvalue weighted by atomic mass is 79.9. The number of hydrogen-bond donors (Lipinski definition) is 1. The fraction of sp³-hybridized carbons (Fsp3) is 0.111. The first-order chi connectivity index (χ1) is 5.74. The van der Waals surface area contributed by atoms with Gasteiger partial charge in [-0.2, -0.15) is 0 Å². The number of aliphatic hydroxyl groups excluding tert-OH is 1. The monoisotopic (exact) mass is 246 g/mol. The Morgan fingerprint density at radius 3 is 2.83 bits per heavy atom. The average Bonchev–Trinajstić information content (AvgIpc) is 2.03. The molecule has 0 aromatic heterocycles. The molecule has 0 aliphatic heterocycles. The lowest BCUT2D eigenvalue weighted by molar-refractivity contribution is 0.343. The summed E-state index contributed by atoms with van der Waals surface area (Å²) in [4.78, 5) is 0. The fourth-order valence-electron chi connectivity index (χ4n) is 0.816. The summed E-state index contributed by atoms with van der Waals surface area (Å²) in [5, 5.41) is 9.24. The topological polar surface area (TPSA) is 20.2 Å². The standard InChI is InChI=1S/C9H8BrClO/c10-9-6-8(11)4-3-7(9)2-1-5-12/h1-4,6,12H,5H2. The zero-order valence-corrected chi connectivity index (χ0v) is 8.64. The molecule has 1 nitrogen and oxygen atoms in total. The summed E-state index contributed by atoms with van der Waals surface area (Å²) >= 11 is 9.11. The van der Waals surface area contributed by atoms with Crippen LogP contribution in [-0.4, -0.2) is 11.7 Å². The Hall–Kier alpha value is -0.310. The molecule has 0 radical (unpaired) electrons. The zero-order valence-electron chi connectivity index (χ0n) is 6.30. The SMILES string of the molecule is OCC=Cc1ccc(Cl)cc1Br. The van der Waals surface area contributed by atoms with Crippen LogP contribution in [0.2, 0.25) is 5.02 Å². The van der Waals surface area contributed by atoms with Gasteiger partial charge in [0.1, 0.15) is 0 Å². The van der Waals surface area contributed by atoms with Crippen molar-refractivity contribution in [3.8, 4) is 0 Å². The Morgan fingerprint density at radius 1 is 1.50 bits per heavy atom. The minimum atomic E-state index is 0.0507. The minimum absolute atomic E-state index is 0.0507. The van der Waals surface area contributed by atoms with E-state index in [9.17, 15) is 0 Å². The number of aliphatic hydroxyl groups is 1. The lowest BCUT2D eigenvalue weighted by Crippen LogP contribution is -1.77. The maximum Gasteiger partial charge on any atom is 0.0615 e. The van der Waals surface area contributed by atoms with Crippen LogP contribution in [-0.2, 0) is 0 Å². The Morgan fingerprint density at radius 2 is 2.25 bits per heavy atom. The molecule has 0 atom stereocenters. The van der Waals surface area contributed by atoms with Gasteiger partial charge in [-0.15, -0.1) is 0 Å². The molecule has 64 valence electrons. The highest BCUT2D eigenvalue weighted by Gasteiger charge is 1.95. The molecule has 0 spiro atoms. The fourth-order valence-corrected chi connectivity index (χ4v) is 1.63. The van der Waals surface area contributed by atoms with Gasteiger partial charge in [0.25, 0.3) is 0 Å². The van der Waals surface area contributed by atoms with Gasteiger partial charge in [-0.3, -0.25) is 0 Å². The average molecular weight is 248 g/mol. The molecule has 0 saturated heterocycles. The van der Waals surface area contributed by atoms with Crippen molar-refractivity contribution >= 4 is 33.6 Å². The van der Waals surface area contributed by atoms with Crippen molar-refractivity contribution in [2.75, 3.05) is 6.61 Å². The molecular formula is C9H8BrClO. The van der Waals surface area contributed by atoms with E-state index in [1.807, 2.05) is 24.3 Å². The van der Waals surface area contributed by atoms with Crippen molar-refractivity contribution in [1.29, 1.82) is 0 Å². The molecular weight excluding hydrogens is 239 g/mol. The van der Waals surface area contributed by atoms with E-state index in [4.69, 9.17) is 16.7 Å². The van der Waals surface area contributed by atoms with Gasteiger partial charge in [-0.25, -0.2) is 0 Å². The quantitative estimate of drug-likeness (QED) is 0.851.